The Kier molecular flexibility index (Phi) is 49.9. The molecule has 0 saturated carbocycles. The van der Waals surface area contributed by atoms with Gasteiger partial charge in [0.2, 0.25) is 35.9 Å². The summed E-state index contributed by atoms with van der Waals surface area (Å²) in [5.74, 6) is -3.86. The van der Waals surface area contributed by atoms with Crippen LogP contribution in [-0.2, 0) is 106 Å². The molecule has 8 amide bonds. The number of carbonyl (C=O) groups excluding carboxylic acids is 8. The predicted molar refractivity (Wildman–Crippen MR) is 334 cm³/mol. The molecule has 30 heteroatoms. The van der Waals surface area contributed by atoms with Crippen molar-refractivity contribution in [2.24, 2.45) is 5.92 Å². The maximum absolute atomic E-state index is 13.7. The van der Waals surface area contributed by atoms with Crippen molar-refractivity contribution in [1.29, 1.82) is 0 Å². The molecule has 1 aliphatic heterocycles. The zero-order valence-electron chi connectivity index (χ0n) is 53.3. The molecule has 0 unspecified atom stereocenters. The van der Waals surface area contributed by atoms with Crippen molar-refractivity contribution in [1.82, 2.24) is 36.8 Å². The fourth-order valence-corrected chi connectivity index (χ4v) is 8.61. The second-order valence-electron chi connectivity index (χ2n) is 20.7. The van der Waals surface area contributed by atoms with E-state index in [1.54, 1.807) is 30.3 Å². The largest absolute Gasteiger partial charge is 0.480 e. The van der Waals surface area contributed by atoms with Gasteiger partial charge in [-0.05, 0) is 55.6 Å². The second-order valence-corrected chi connectivity index (χ2v) is 21.7. The zero-order chi connectivity index (χ0) is 66.2. The molecule has 0 saturated heterocycles. The summed E-state index contributed by atoms with van der Waals surface area (Å²) in [6, 6.07) is 4.59. The van der Waals surface area contributed by atoms with E-state index in [-0.39, 0.29) is 69.5 Å². The number of imide groups is 1. The van der Waals surface area contributed by atoms with Gasteiger partial charge >= 0.3 is 5.97 Å². The van der Waals surface area contributed by atoms with Crippen LogP contribution in [0.1, 0.15) is 64.4 Å². The SMILES string of the molecule is CSCC[C@H](NC=O)C(=O)N[C@@H](CC(C)C)C(=O)N[C@@H](Cc1ccccc1)C(=O)N[C@@H](CCCCNC(=O)CCOCCOCCOCCOCCOCCOCCOCCOCCOCCOCCOCCOCCNC(=O)CCN1C(=O)C=CC1=O)C(=O)O. The molecule has 29 nitrogen and oxygen atoms in total. The van der Waals surface area contributed by atoms with E-state index in [1.165, 1.54) is 23.9 Å². The lowest BCUT2D eigenvalue weighted by molar-refractivity contribution is -0.142. The normalized spacial score (nSPS) is 13.4. The first-order valence-electron chi connectivity index (χ1n) is 31.1. The summed E-state index contributed by atoms with van der Waals surface area (Å²) in [5, 5.41) is 26.0. The van der Waals surface area contributed by atoms with E-state index < -0.39 is 59.7 Å². The number of nitrogens with zero attached hydrogens (tertiary/aromatic N) is 1. The smallest absolute Gasteiger partial charge is 0.326 e. The van der Waals surface area contributed by atoms with Crippen LogP contribution in [-0.4, -0.2) is 278 Å². The summed E-state index contributed by atoms with van der Waals surface area (Å²) in [7, 11) is 0. The maximum Gasteiger partial charge on any atom is 0.326 e. The minimum absolute atomic E-state index is 0.0251. The lowest BCUT2D eigenvalue weighted by atomic mass is 10.00. The van der Waals surface area contributed by atoms with Crippen molar-refractivity contribution < 1.29 is 105 Å². The first-order chi connectivity index (χ1) is 44.2. The molecule has 0 bridgehead atoms. The highest BCUT2D eigenvalue weighted by atomic mass is 32.2. The van der Waals surface area contributed by atoms with E-state index in [0.29, 0.717) is 190 Å². The van der Waals surface area contributed by atoms with Crippen LogP contribution in [0.15, 0.2) is 42.5 Å². The number of carbonyl (C=O) groups is 9. The van der Waals surface area contributed by atoms with Gasteiger partial charge in [-0.1, -0.05) is 44.2 Å². The van der Waals surface area contributed by atoms with E-state index in [9.17, 15) is 48.3 Å². The summed E-state index contributed by atoms with van der Waals surface area (Å²) < 4.78 is 65.9. The molecule has 1 aromatic carbocycles. The van der Waals surface area contributed by atoms with Crippen molar-refractivity contribution in [3.8, 4) is 0 Å². The van der Waals surface area contributed by atoms with Gasteiger partial charge in [-0.15, -0.1) is 0 Å². The van der Waals surface area contributed by atoms with E-state index in [4.69, 9.17) is 56.8 Å². The summed E-state index contributed by atoms with van der Waals surface area (Å²) in [6.07, 6.45) is 6.37. The van der Waals surface area contributed by atoms with Gasteiger partial charge in [0.15, 0.2) is 0 Å². The van der Waals surface area contributed by atoms with E-state index in [2.05, 4.69) is 31.9 Å². The van der Waals surface area contributed by atoms with Gasteiger partial charge < -0.3 is 93.8 Å². The number of ether oxygens (including phenoxy) is 12. The molecular formula is C61H101N7O22S. The Morgan fingerprint density at radius 3 is 1.33 bits per heavy atom. The fourth-order valence-electron chi connectivity index (χ4n) is 8.14. The fraction of sp³-hybridized carbons (Fsp3) is 0.721. The third-order valence-corrected chi connectivity index (χ3v) is 13.5. The summed E-state index contributed by atoms with van der Waals surface area (Å²) >= 11 is 1.51. The molecule has 0 fully saturated rings. The molecule has 1 aliphatic rings. The Labute approximate surface area is 539 Å². The van der Waals surface area contributed by atoms with Crippen LogP contribution in [0, 0.1) is 5.92 Å². The predicted octanol–water partition coefficient (Wildman–Crippen LogP) is -0.0110. The van der Waals surface area contributed by atoms with Crippen molar-refractivity contribution in [3.63, 3.8) is 0 Å². The highest BCUT2D eigenvalue weighted by molar-refractivity contribution is 7.98. The number of thioether (sulfide) groups is 1. The van der Waals surface area contributed by atoms with Crippen LogP contribution < -0.4 is 31.9 Å². The Morgan fingerprint density at radius 1 is 0.495 bits per heavy atom. The molecule has 91 heavy (non-hydrogen) atoms. The topological polar surface area (TPSA) is 360 Å². The number of carboxylic acids is 1. The first-order valence-corrected chi connectivity index (χ1v) is 32.5. The molecule has 0 aromatic heterocycles. The standard InChI is InChI=1S/C61H101N7O22S/c1-48(2)45-52(66-58(74)50(64-47-69)16-44-91-3)59(75)67-53(46-49-9-5-4-6-10-49)60(76)65-51(61(77)78)11-7-8-17-62-55(71)15-20-79-22-24-81-26-28-83-30-32-85-34-36-87-38-40-89-42-43-90-41-39-88-37-35-86-33-31-84-29-27-82-25-23-80-21-18-63-54(70)14-19-68-56(72)12-13-57(68)73/h4-6,9-10,12-13,47-48,50-53H,7-8,11,14-46H2,1-3H3,(H,62,71)(H,63,70)(H,64,69)(H,65,76)(H,66,74)(H,67,75)(H,77,78)/t50-,51-,52-,53-/m0/s1. The highest BCUT2D eigenvalue weighted by Crippen LogP contribution is 2.11. The quantitative estimate of drug-likeness (QED) is 0.0256. The molecule has 0 spiro atoms. The van der Waals surface area contributed by atoms with Crippen molar-refractivity contribution >= 4 is 65.5 Å². The monoisotopic (exact) mass is 1320 g/mol. The minimum Gasteiger partial charge on any atom is -0.480 e. The van der Waals surface area contributed by atoms with E-state index in [1.807, 2.05) is 20.1 Å². The summed E-state index contributed by atoms with van der Waals surface area (Å²) in [4.78, 5) is 112. The lowest BCUT2D eigenvalue weighted by Crippen LogP contribution is -2.58. The summed E-state index contributed by atoms with van der Waals surface area (Å²) in [5.41, 5.74) is 0.718. The molecule has 4 atom stereocenters. The van der Waals surface area contributed by atoms with Crippen LogP contribution in [0.3, 0.4) is 0 Å². The van der Waals surface area contributed by atoms with Crippen molar-refractivity contribution in [3.05, 3.63) is 48.0 Å². The van der Waals surface area contributed by atoms with Gasteiger partial charge in [0.25, 0.3) is 11.8 Å². The number of carboxylic acid groups (broad SMARTS) is 1. The van der Waals surface area contributed by atoms with E-state index >= 15 is 0 Å². The van der Waals surface area contributed by atoms with Crippen molar-refractivity contribution in [2.45, 2.75) is 89.4 Å². The maximum atomic E-state index is 13.7. The number of benzene rings is 1. The van der Waals surface area contributed by atoms with Gasteiger partial charge in [-0.25, -0.2) is 4.79 Å². The molecule has 518 valence electrons. The van der Waals surface area contributed by atoms with Gasteiger partial charge in [0.05, 0.1) is 159 Å². The third-order valence-electron chi connectivity index (χ3n) is 12.9. The first kappa shape index (κ1) is 81.4. The highest BCUT2D eigenvalue weighted by Gasteiger charge is 2.32. The number of amides is 8. The Bertz CT molecular complexity index is 2160. The van der Waals surface area contributed by atoms with E-state index in [0.717, 1.165) is 10.5 Å². The molecule has 1 aromatic rings. The average Bonchev–Trinajstić information content (AvgIpc) is 2.93. The van der Waals surface area contributed by atoms with Crippen LogP contribution in [0.2, 0.25) is 0 Å². The Balaban J connectivity index is 1.35. The molecule has 0 radical (unpaired) electrons. The number of unbranched alkanes of at least 4 members (excludes halogenated alkanes) is 1. The molecule has 7 N–H and O–H groups in total. The Hall–Kier alpha value is -5.74. The number of hydrogen-bond donors (Lipinski definition) is 7. The zero-order valence-corrected chi connectivity index (χ0v) is 54.2. The molecule has 2 rings (SSSR count). The lowest BCUT2D eigenvalue weighted by Gasteiger charge is -2.26. The van der Waals surface area contributed by atoms with Gasteiger partial charge in [-0.2, -0.15) is 11.8 Å². The minimum atomic E-state index is -1.27. The van der Waals surface area contributed by atoms with Crippen LogP contribution in [0.25, 0.3) is 0 Å². The van der Waals surface area contributed by atoms with Gasteiger partial charge in [-0.3, -0.25) is 43.3 Å². The second kappa shape index (κ2) is 55.9. The average molecular weight is 1320 g/mol. The van der Waals surface area contributed by atoms with Crippen LogP contribution in [0.5, 0.6) is 0 Å². The number of hydrogen-bond acceptors (Lipinski definition) is 22. The summed E-state index contributed by atoms with van der Waals surface area (Å²) in [6.45, 7) is 13.9. The van der Waals surface area contributed by atoms with Gasteiger partial charge in [0, 0.05) is 51.0 Å². The number of aliphatic carboxylic acids is 1. The molecule has 1 heterocycles. The van der Waals surface area contributed by atoms with Crippen molar-refractivity contribution in [2.75, 3.05) is 190 Å². The number of nitrogens with one attached hydrogen (secondary N) is 6. The van der Waals surface area contributed by atoms with Crippen LogP contribution >= 0.6 is 11.8 Å². The molecular weight excluding hydrogens is 1210 g/mol. The van der Waals surface area contributed by atoms with Gasteiger partial charge in [0.1, 0.15) is 24.2 Å². The number of rotatable bonds is 63. The third kappa shape index (κ3) is 44.4. The van der Waals surface area contributed by atoms with Crippen LogP contribution in [0.4, 0.5) is 0 Å². The Morgan fingerprint density at radius 2 is 0.890 bits per heavy atom. The molecule has 0 aliphatic carbocycles.